The monoisotopic (exact) mass is 340 g/mol. The van der Waals surface area contributed by atoms with Gasteiger partial charge in [-0.3, -0.25) is 9.32 Å². The third kappa shape index (κ3) is 3.30. The van der Waals surface area contributed by atoms with Gasteiger partial charge in [0.2, 0.25) is 5.69 Å². The summed E-state index contributed by atoms with van der Waals surface area (Å²) in [5.74, 6) is 0.106. The van der Waals surface area contributed by atoms with Crippen LogP contribution in [0.5, 0.6) is 5.75 Å². The van der Waals surface area contributed by atoms with Crippen molar-refractivity contribution in [2.75, 3.05) is 12.4 Å². The third-order valence-corrected chi connectivity index (χ3v) is 3.82. The van der Waals surface area contributed by atoms with Gasteiger partial charge in [0.05, 0.1) is 7.11 Å². The average Bonchev–Trinajstić information content (AvgIpc) is 2.99. The van der Waals surface area contributed by atoms with E-state index in [9.17, 15) is 9.59 Å². The van der Waals surface area contributed by atoms with Gasteiger partial charge in [-0.05, 0) is 47.6 Å². The van der Waals surface area contributed by atoms with Crippen LogP contribution < -0.4 is 20.4 Å². The lowest BCUT2D eigenvalue weighted by Gasteiger charge is -2.06. The number of rotatable bonds is 4. The van der Waals surface area contributed by atoms with Crippen LogP contribution in [0.4, 0.5) is 5.69 Å². The molecule has 0 fully saturated rings. The molecule has 25 heavy (non-hydrogen) atoms. The Hall–Kier alpha value is -3.35. The minimum absolute atomic E-state index is 0.148. The number of nitrogens with zero attached hydrogens (tertiary/aromatic N) is 1. The van der Waals surface area contributed by atoms with Crippen molar-refractivity contribution in [1.82, 2.24) is 5.27 Å². The highest BCUT2D eigenvalue weighted by molar-refractivity contribution is 6.02. The van der Waals surface area contributed by atoms with Crippen LogP contribution in [-0.2, 0) is 0 Å². The zero-order chi connectivity index (χ0) is 18.0. The summed E-state index contributed by atoms with van der Waals surface area (Å²) in [6.07, 6.45) is 0. The molecule has 0 aliphatic heterocycles. The van der Waals surface area contributed by atoms with Gasteiger partial charge in [-0.2, -0.15) is 0 Å². The molecule has 0 radical (unpaired) electrons. The van der Waals surface area contributed by atoms with E-state index in [4.69, 9.17) is 9.26 Å². The molecule has 0 spiro atoms. The maximum Gasteiger partial charge on any atom is 0.441 e. The maximum atomic E-state index is 12.6. The Morgan fingerprint density at radius 1 is 1.16 bits per heavy atom. The molecule has 0 unspecified atom stereocenters. The van der Waals surface area contributed by atoms with E-state index in [1.54, 1.807) is 37.4 Å². The molecule has 0 saturated carbocycles. The Kier molecular flexibility index (Phi) is 4.38. The van der Waals surface area contributed by atoms with Crippen LogP contribution >= 0.6 is 0 Å². The van der Waals surface area contributed by atoms with E-state index in [0.717, 1.165) is 11.1 Å². The first kappa shape index (κ1) is 16.5. The van der Waals surface area contributed by atoms with E-state index in [0.29, 0.717) is 17.1 Å². The minimum atomic E-state index is -0.752. The number of carbonyl (C=O) groups excluding carboxylic acids is 1. The predicted octanol–water partition coefficient (Wildman–Crippen LogP) is 2.12. The quantitative estimate of drug-likeness (QED) is 0.712. The van der Waals surface area contributed by atoms with Crippen LogP contribution in [0.2, 0.25) is 0 Å². The predicted molar refractivity (Wildman–Crippen MR) is 91.3 cm³/mol. The lowest BCUT2D eigenvalue weighted by atomic mass is 10.1. The zero-order valence-electron chi connectivity index (χ0n) is 14.1. The van der Waals surface area contributed by atoms with Gasteiger partial charge in [0.25, 0.3) is 0 Å². The molecule has 1 amide bonds. The van der Waals surface area contributed by atoms with Gasteiger partial charge in [0.15, 0.2) is 0 Å². The number of nitrogens with one attached hydrogen (secondary N) is 2. The van der Waals surface area contributed by atoms with Crippen LogP contribution in [0.15, 0.2) is 51.8 Å². The molecule has 128 valence electrons. The highest BCUT2D eigenvalue weighted by atomic mass is 16.5. The summed E-state index contributed by atoms with van der Waals surface area (Å²) in [7, 11) is 1.56. The second-order valence-corrected chi connectivity index (χ2v) is 5.64. The van der Waals surface area contributed by atoms with Crippen molar-refractivity contribution < 1.29 is 18.7 Å². The van der Waals surface area contributed by atoms with E-state index < -0.39 is 11.5 Å². The van der Waals surface area contributed by atoms with Crippen LogP contribution in [0.3, 0.4) is 0 Å². The highest BCUT2D eigenvalue weighted by Gasteiger charge is 2.31. The number of hydrogen-bond acceptors (Lipinski definition) is 4. The van der Waals surface area contributed by atoms with Gasteiger partial charge in [0, 0.05) is 17.8 Å². The number of aromatic nitrogens is 2. The van der Waals surface area contributed by atoms with Crippen LogP contribution in [0, 0.1) is 13.8 Å². The molecule has 3 aromatic rings. The SMILES string of the molecule is COc1ccc(-[n+]2[nH]oc(=O)c2C(=O)Nc2ccc(C)cc2C)cc1. The van der Waals surface area contributed by atoms with E-state index >= 15 is 0 Å². The standard InChI is InChI=1S/C18H17N3O4/c1-11-4-9-15(12(2)10-11)19-17(22)16-18(23)25-20-21(16)13-5-7-14(24-3)8-6-13/h4-10H,1-3H3,(H-,19,20,22,23)/p+1. The number of hydrogen-bond donors (Lipinski definition) is 2. The third-order valence-electron chi connectivity index (χ3n) is 3.82. The number of benzene rings is 2. The minimum Gasteiger partial charge on any atom is -0.497 e. The number of carbonyl (C=O) groups is 1. The molecular formula is C18H18N3O4+. The zero-order valence-corrected chi connectivity index (χ0v) is 14.1. The van der Waals surface area contributed by atoms with Gasteiger partial charge in [-0.15, -0.1) is 0 Å². The summed E-state index contributed by atoms with van der Waals surface area (Å²) in [4.78, 5) is 24.6. The first-order valence-electron chi connectivity index (χ1n) is 7.66. The Morgan fingerprint density at radius 2 is 1.88 bits per heavy atom. The number of anilines is 1. The maximum absolute atomic E-state index is 12.6. The summed E-state index contributed by atoms with van der Waals surface area (Å²) in [5.41, 5.74) is 2.30. The van der Waals surface area contributed by atoms with Crippen LogP contribution in [-0.4, -0.2) is 18.3 Å². The summed E-state index contributed by atoms with van der Waals surface area (Å²) >= 11 is 0. The Bertz CT molecular complexity index is 971. The topological polar surface area (TPSA) is 88.2 Å². The molecule has 7 heteroatoms. The second-order valence-electron chi connectivity index (χ2n) is 5.64. The number of aromatic amines is 1. The summed E-state index contributed by atoms with van der Waals surface area (Å²) in [6.45, 7) is 3.86. The molecule has 0 saturated heterocycles. The molecule has 3 rings (SSSR count). The van der Waals surface area contributed by atoms with Crippen molar-refractivity contribution in [3.05, 3.63) is 69.7 Å². The molecule has 1 heterocycles. The van der Waals surface area contributed by atoms with Gasteiger partial charge < -0.3 is 10.1 Å². The molecule has 0 aliphatic carbocycles. The largest absolute Gasteiger partial charge is 0.497 e. The molecule has 1 aromatic heterocycles. The number of methoxy groups -OCH3 is 1. The van der Waals surface area contributed by atoms with Crippen LogP contribution in [0.1, 0.15) is 21.6 Å². The highest BCUT2D eigenvalue weighted by Crippen LogP contribution is 2.16. The molecule has 0 bridgehead atoms. The average molecular weight is 340 g/mol. The fourth-order valence-corrected chi connectivity index (χ4v) is 2.52. The van der Waals surface area contributed by atoms with Crippen molar-refractivity contribution in [2.24, 2.45) is 0 Å². The lowest BCUT2D eigenvalue weighted by Crippen LogP contribution is -2.42. The van der Waals surface area contributed by atoms with Gasteiger partial charge in [-0.25, -0.2) is 4.79 Å². The van der Waals surface area contributed by atoms with Gasteiger partial charge in [-0.1, -0.05) is 17.7 Å². The van der Waals surface area contributed by atoms with E-state index in [2.05, 4.69) is 10.6 Å². The van der Waals surface area contributed by atoms with Gasteiger partial charge >= 0.3 is 17.2 Å². The molecule has 2 N–H and O–H groups in total. The Balaban J connectivity index is 1.95. The van der Waals surface area contributed by atoms with E-state index in [1.807, 2.05) is 26.0 Å². The molecule has 2 aromatic carbocycles. The normalized spacial score (nSPS) is 10.5. The fraction of sp³-hybridized carbons (Fsp3) is 0.167. The van der Waals surface area contributed by atoms with E-state index in [-0.39, 0.29) is 5.69 Å². The van der Waals surface area contributed by atoms with Crippen molar-refractivity contribution in [3.8, 4) is 11.4 Å². The smallest absolute Gasteiger partial charge is 0.441 e. The number of H-pyrrole nitrogens is 1. The molecule has 0 aliphatic rings. The first-order chi connectivity index (χ1) is 12.0. The van der Waals surface area contributed by atoms with Gasteiger partial charge in [0.1, 0.15) is 5.75 Å². The number of ether oxygens (including phenoxy) is 1. The summed E-state index contributed by atoms with van der Waals surface area (Å²) < 4.78 is 11.2. The van der Waals surface area contributed by atoms with Crippen molar-refractivity contribution in [3.63, 3.8) is 0 Å². The summed E-state index contributed by atoms with van der Waals surface area (Å²) in [5, 5.41) is 5.19. The lowest BCUT2D eigenvalue weighted by molar-refractivity contribution is -0.672. The Morgan fingerprint density at radius 3 is 2.52 bits per heavy atom. The Labute approximate surface area is 143 Å². The molecule has 0 atom stereocenters. The van der Waals surface area contributed by atoms with Crippen molar-refractivity contribution in [1.29, 1.82) is 0 Å². The fourth-order valence-electron chi connectivity index (χ4n) is 2.52. The van der Waals surface area contributed by atoms with E-state index in [1.165, 1.54) is 4.68 Å². The summed E-state index contributed by atoms with van der Waals surface area (Å²) in [6, 6.07) is 12.5. The van der Waals surface area contributed by atoms with Crippen LogP contribution in [0.25, 0.3) is 5.69 Å². The number of amides is 1. The number of aryl methyl sites for hydroxylation is 2. The van der Waals surface area contributed by atoms with Crippen molar-refractivity contribution in [2.45, 2.75) is 13.8 Å². The second kappa shape index (κ2) is 6.64. The molecule has 7 nitrogen and oxygen atoms in total. The first-order valence-corrected chi connectivity index (χ1v) is 7.66. The van der Waals surface area contributed by atoms with Crippen molar-refractivity contribution >= 4 is 11.6 Å². The molecular weight excluding hydrogens is 322 g/mol.